The lowest BCUT2D eigenvalue weighted by Crippen LogP contribution is -2.36. The van der Waals surface area contributed by atoms with E-state index in [1.165, 1.54) is 24.8 Å². The highest BCUT2D eigenvalue weighted by atomic mass is 32.2. The van der Waals surface area contributed by atoms with Crippen molar-refractivity contribution in [3.05, 3.63) is 21.9 Å². The van der Waals surface area contributed by atoms with Crippen molar-refractivity contribution < 1.29 is 13.3 Å². The summed E-state index contributed by atoms with van der Waals surface area (Å²) in [5.41, 5.74) is 1.33. The minimum atomic E-state index is -3.12. The van der Waals surface area contributed by atoms with Crippen molar-refractivity contribution >= 4 is 26.9 Å². The molecule has 0 aromatic carbocycles. The molecule has 0 saturated heterocycles. The fourth-order valence-corrected chi connectivity index (χ4v) is 6.85. The molecule has 0 spiro atoms. The molecule has 1 fully saturated rings. The van der Waals surface area contributed by atoms with Gasteiger partial charge in [0.05, 0.1) is 16.4 Å². The van der Waals surface area contributed by atoms with Crippen LogP contribution in [0.3, 0.4) is 0 Å². The fourth-order valence-electron chi connectivity index (χ4n) is 3.69. The van der Waals surface area contributed by atoms with Gasteiger partial charge in [0.25, 0.3) is 0 Å². The van der Waals surface area contributed by atoms with Crippen LogP contribution >= 0.6 is 11.3 Å². The van der Waals surface area contributed by atoms with Crippen LogP contribution in [0.2, 0.25) is 0 Å². The Balaban J connectivity index is 1.62. The van der Waals surface area contributed by atoms with E-state index in [1.54, 1.807) is 11.3 Å². The fraction of sp³-hybridized carbons (Fsp3) is 0.706. The minimum Gasteiger partial charge on any atom is -0.388 e. The first-order valence-corrected chi connectivity index (χ1v) is 11.1. The van der Waals surface area contributed by atoms with E-state index in [4.69, 9.17) is 4.84 Å². The van der Waals surface area contributed by atoms with E-state index in [9.17, 15) is 8.42 Å². The van der Waals surface area contributed by atoms with Crippen LogP contribution in [0.1, 0.15) is 55.9 Å². The Morgan fingerprint density at radius 3 is 2.74 bits per heavy atom. The molecule has 1 unspecified atom stereocenters. The summed E-state index contributed by atoms with van der Waals surface area (Å²) < 4.78 is 25.2. The lowest BCUT2D eigenvalue weighted by Gasteiger charge is -2.25. The van der Waals surface area contributed by atoms with Gasteiger partial charge < -0.3 is 4.84 Å². The second kappa shape index (κ2) is 6.55. The van der Waals surface area contributed by atoms with Crippen molar-refractivity contribution in [3.63, 3.8) is 0 Å². The summed E-state index contributed by atoms with van der Waals surface area (Å²) >= 11 is 1.63. The average molecular weight is 356 g/mol. The predicted molar refractivity (Wildman–Crippen MR) is 94.9 cm³/mol. The maximum absolute atomic E-state index is 12.6. The van der Waals surface area contributed by atoms with E-state index in [0.29, 0.717) is 18.1 Å². The molecule has 4 nitrogen and oxygen atoms in total. The molecule has 0 amide bonds. The normalized spacial score (nSPS) is 26.1. The van der Waals surface area contributed by atoms with Crippen LogP contribution < -0.4 is 0 Å². The van der Waals surface area contributed by atoms with Gasteiger partial charge >= 0.3 is 0 Å². The molecule has 0 radical (unpaired) electrons. The molecular formula is C17H25NO3S2. The molecular weight excluding hydrogens is 330 g/mol. The molecule has 1 aromatic heterocycles. The Hall–Kier alpha value is -0.880. The van der Waals surface area contributed by atoms with Gasteiger partial charge in [0, 0.05) is 6.42 Å². The highest BCUT2D eigenvalue weighted by molar-refractivity contribution is 7.91. The zero-order chi connectivity index (χ0) is 16.5. The number of nitrogens with zero attached hydrogens (tertiary/aromatic N) is 1. The Morgan fingerprint density at radius 2 is 2.09 bits per heavy atom. The third-order valence-corrected chi connectivity index (χ3v) is 7.88. The Bertz CT molecular complexity index is 686. The predicted octanol–water partition coefficient (Wildman–Crippen LogP) is 3.93. The number of hydrogen-bond acceptors (Lipinski definition) is 5. The molecule has 2 aliphatic rings. The van der Waals surface area contributed by atoms with Gasteiger partial charge in [-0.2, -0.15) is 0 Å². The maximum atomic E-state index is 12.6. The van der Waals surface area contributed by atoms with Gasteiger partial charge in [-0.15, -0.1) is 11.3 Å². The van der Waals surface area contributed by atoms with Crippen molar-refractivity contribution in [1.29, 1.82) is 0 Å². The summed E-state index contributed by atoms with van der Waals surface area (Å²) in [6.07, 6.45) is 6.24. The van der Waals surface area contributed by atoms with E-state index in [0.717, 1.165) is 23.4 Å². The van der Waals surface area contributed by atoms with Crippen LogP contribution in [0.5, 0.6) is 0 Å². The maximum Gasteiger partial charge on any atom is 0.154 e. The summed E-state index contributed by atoms with van der Waals surface area (Å²) in [5.74, 6) is 0.700. The first-order chi connectivity index (χ1) is 10.9. The molecule has 23 heavy (non-hydrogen) atoms. The molecule has 1 saturated carbocycles. The molecule has 3 rings (SSSR count). The van der Waals surface area contributed by atoms with Gasteiger partial charge in [-0.25, -0.2) is 8.42 Å². The monoisotopic (exact) mass is 355 g/mol. The van der Waals surface area contributed by atoms with E-state index >= 15 is 0 Å². The van der Waals surface area contributed by atoms with Crippen molar-refractivity contribution in [2.24, 2.45) is 11.1 Å². The topological polar surface area (TPSA) is 55.7 Å². The lowest BCUT2D eigenvalue weighted by atomic mass is 9.91. The van der Waals surface area contributed by atoms with Crippen LogP contribution in [-0.4, -0.2) is 31.2 Å². The number of rotatable bonds is 5. The third-order valence-electron chi connectivity index (χ3n) is 4.78. The van der Waals surface area contributed by atoms with Gasteiger partial charge in [-0.3, -0.25) is 0 Å². The number of sulfone groups is 1. The number of aryl methyl sites for hydroxylation is 1. The zero-order valence-corrected chi connectivity index (χ0v) is 15.5. The molecule has 1 aromatic rings. The van der Waals surface area contributed by atoms with Crippen molar-refractivity contribution in [3.8, 4) is 0 Å². The second-order valence-electron chi connectivity index (χ2n) is 7.25. The standard InChI is InChI=1S/C17H25NO3S2/c1-13-8-9-22-16(13)15-10-17(2,21-18-15)12-23(19,20)11-14-6-4-3-5-7-14/h8-9,14H,3-7,10-12H2,1-2H3. The first kappa shape index (κ1) is 17.0. The van der Waals surface area contributed by atoms with Crippen LogP contribution in [0, 0.1) is 12.8 Å². The van der Waals surface area contributed by atoms with Gasteiger partial charge in [-0.1, -0.05) is 24.4 Å². The summed E-state index contributed by atoms with van der Waals surface area (Å²) in [6, 6.07) is 2.05. The molecule has 0 N–H and O–H groups in total. The van der Waals surface area contributed by atoms with Crippen LogP contribution in [0.25, 0.3) is 0 Å². The largest absolute Gasteiger partial charge is 0.388 e. The third kappa shape index (κ3) is 4.15. The van der Waals surface area contributed by atoms with Crippen molar-refractivity contribution in [2.45, 2.75) is 58.0 Å². The smallest absolute Gasteiger partial charge is 0.154 e. The SMILES string of the molecule is Cc1ccsc1C1=NOC(C)(CS(=O)(=O)CC2CCCCC2)C1. The number of oxime groups is 1. The number of hydrogen-bond donors (Lipinski definition) is 0. The Kier molecular flexibility index (Phi) is 4.83. The first-order valence-electron chi connectivity index (χ1n) is 8.37. The van der Waals surface area contributed by atoms with Gasteiger partial charge in [0.2, 0.25) is 0 Å². The van der Waals surface area contributed by atoms with Crippen LogP contribution in [-0.2, 0) is 14.7 Å². The molecule has 128 valence electrons. The second-order valence-corrected chi connectivity index (χ2v) is 10.3. The minimum absolute atomic E-state index is 0.0634. The highest BCUT2D eigenvalue weighted by Crippen LogP contribution is 2.32. The van der Waals surface area contributed by atoms with E-state index in [2.05, 4.69) is 11.2 Å². The molecule has 6 heteroatoms. The van der Waals surface area contributed by atoms with Crippen LogP contribution in [0.15, 0.2) is 16.6 Å². The number of thiophene rings is 1. The zero-order valence-electron chi connectivity index (χ0n) is 13.9. The Morgan fingerprint density at radius 1 is 1.35 bits per heavy atom. The lowest BCUT2D eigenvalue weighted by molar-refractivity contribution is 0.0150. The Labute approximate surface area is 142 Å². The van der Waals surface area contributed by atoms with Gasteiger partial charge in [0.15, 0.2) is 15.4 Å². The quantitative estimate of drug-likeness (QED) is 0.804. The van der Waals surface area contributed by atoms with E-state index in [-0.39, 0.29) is 5.75 Å². The highest BCUT2D eigenvalue weighted by Gasteiger charge is 2.40. The van der Waals surface area contributed by atoms with Crippen molar-refractivity contribution in [1.82, 2.24) is 0 Å². The molecule has 1 atom stereocenters. The molecule has 0 bridgehead atoms. The average Bonchev–Trinajstić information content (AvgIpc) is 3.04. The van der Waals surface area contributed by atoms with E-state index in [1.807, 2.05) is 19.2 Å². The summed E-state index contributed by atoms with van der Waals surface area (Å²) in [7, 11) is -3.12. The summed E-state index contributed by atoms with van der Waals surface area (Å²) in [5, 5.41) is 6.22. The van der Waals surface area contributed by atoms with Gasteiger partial charge in [-0.05, 0) is 49.6 Å². The molecule has 2 heterocycles. The molecule has 1 aliphatic heterocycles. The van der Waals surface area contributed by atoms with Crippen molar-refractivity contribution in [2.75, 3.05) is 11.5 Å². The molecule has 1 aliphatic carbocycles. The van der Waals surface area contributed by atoms with Gasteiger partial charge in [0.1, 0.15) is 5.71 Å². The summed E-state index contributed by atoms with van der Waals surface area (Å²) in [6.45, 7) is 3.91. The van der Waals surface area contributed by atoms with E-state index < -0.39 is 15.4 Å². The summed E-state index contributed by atoms with van der Waals surface area (Å²) in [4.78, 5) is 6.68. The van der Waals surface area contributed by atoms with Crippen LogP contribution in [0.4, 0.5) is 0 Å².